The lowest BCUT2D eigenvalue weighted by molar-refractivity contribution is -0.137. The van der Waals surface area contributed by atoms with Crippen molar-refractivity contribution in [3.8, 4) is 5.75 Å². The number of hydrogen-bond acceptors (Lipinski definition) is 3. The zero-order valence-corrected chi connectivity index (χ0v) is 15.9. The highest BCUT2D eigenvalue weighted by Crippen LogP contribution is 2.30. The van der Waals surface area contributed by atoms with Gasteiger partial charge in [0.25, 0.3) is 5.91 Å². The van der Waals surface area contributed by atoms with Gasteiger partial charge in [0.1, 0.15) is 5.75 Å². The maximum absolute atomic E-state index is 12.9. The summed E-state index contributed by atoms with van der Waals surface area (Å²) in [5.74, 6) is 0.115. The Balaban J connectivity index is 1.68. The Kier molecular flexibility index (Phi) is 6.10. The van der Waals surface area contributed by atoms with E-state index in [0.717, 1.165) is 17.7 Å². The molecule has 0 spiro atoms. The summed E-state index contributed by atoms with van der Waals surface area (Å²) in [7, 11) is 1.57. The van der Waals surface area contributed by atoms with Crippen molar-refractivity contribution in [2.75, 3.05) is 26.7 Å². The SMILES string of the molecule is COc1ccc(CN2CCN(C(=O)c3cccc(C(F)(F)F)c3)CCC2=O)cc1. The molecule has 154 valence electrons. The van der Waals surface area contributed by atoms with E-state index in [2.05, 4.69) is 0 Å². The van der Waals surface area contributed by atoms with E-state index in [1.165, 1.54) is 17.0 Å². The van der Waals surface area contributed by atoms with Gasteiger partial charge in [0.05, 0.1) is 12.7 Å². The molecule has 2 aromatic rings. The fourth-order valence-corrected chi connectivity index (χ4v) is 3.20. The zero-order valence-electron chi connectivity index (χ0n) is 15.9. The Hall–Kier alpha value is -3.03. The molecule has 0 N–H and O–H groups in total. The number of hydrogen-bond donors (Lipinski definition) is 0. The number of carbonyl (C=O) groups is 2. The van der Waals surface area contributed by atoms with Crippen molar-refractivity contribution in [1.29, 1.82) is 0 Å². The lowest BCUT2D eigenvalue weighted by Gasteiger charge is -2.22. The van der Waals surface area contributed by atoms with Crippen molar-refractivity contribution in [3.63, 3.8) is 0 Å². The average molecular weight is 406 g/mol. The number of rotatable bonds is 4. The van der Waals surface area contributed by atoms with Gasteiger partial charge in [-0.3, -0.25) is 9.59 Å². The predicted molar refractivity (Wildman–Crippen MR) is 100 cm³/mol. The zero-order chi connectivity index (χ0) is 21.0. The molecule has 0 aliphatic carbocycles. The van der Waals surface area contributed by atoms with Crippen LogP contribution in [-0.2, 0) is 17.5 Å². The fourth-order valence-electron chi connectivity index (χ4n) is 3.20. The van der Waals surface area contributed by atoms with Gasteiger partial charge in [0.15, 0.2) is 0 Å². The minimum absolute atomic E-state index is 0.0316. The van der Waals surface area contributed by atoms with Crippen LogP contribution in [0.3, 0.4) is 0 Å². The van der Waals surface area contributed by atoms with E-state index in [4.69, 9.17) is 4.74 Å². The van der Waals surface area contributed by atoms with Crippen molar-refractivity contribution >= 4 is 11.8 Å². The summed E-state index contributed by atoms with van der Waals surface area (Å²) in [4.78, 5) is 28.2. The van der Waals surface area contributed by atoms with Gasteiger partial charge in [-0.1, -0.05) is 18.2 Å². The minimum atomic E-state index is -4.51. The molecular formula is C21H21F3N2O3. The third kappa shape index (κ3) is 5.07. The lowest BCUT2D eigenvalue weighted by atomic mass is 10.1. The maximum atomic E-state index is 12.9. The number of alkyl halides is 3. The molecule has 3 rings (SSSR count). The molecule has 29 heavy (non-hydrogen) atoms. The van der Waals surface area contributed by atoms with E-state index >= 15 is 0 Å². The molecule has 1 saturated heterocycles. The second-order valence-corrected chi connectivity index (χ2v) is 6.78. The molecule has 0 unspecified atom stereocenters. The van der Waals surface area contributed by atoms with Gasteiger partial charge in [0, 0.05) is 38.2 Å². The number of benzene rings is 2. The first kappa shape index (κ1) is 20.7. The summed E-state index contributed by atoms with van der Waals surface area (Å²) in [6.07, 6.45) is -4.39. The molecule has 2 aromatic carbocycles. The Labute approximate surface area is 166 Å². The third-order valence-electron chi connectivity index (χ3n) is 4.84. The van der Waals surface area contributed by atoms with E-state index in [0.29, 0.717) is 18.8 Å². The molecule has 0 atom stereocenters. The van der Waals surface area contributed by atoms with E-state index in [1.54, 1.807) is 24.1 Å². The van der Waals surface area contributed by atoms with Crippen molar-refractivity contribution in [2.45, 2.75) is 19.1 Å². The topological polar surface area (TPSA) is 49.9 Å². The van der Waals surface area contributed by atoms with Gasteiger partial charge in [-0.25, -0.2) is 0 Å². The van der Waals surface area contributed by atoms with Crippen LogP contribution in [0.1, 0.15) is 27.9 Å². The van der Waals surface area contributed by atoms with Gasteiger partial charge < -0.3 is 14.5 Å². The standard InChI is InChI=1S/C21H21F3N2O3/c1-29-18-7-5-15(6-8-18)14-26-12-11-25(10-9-19(26)27)20(28)16-3-2-4-17(13-16)21(22,23)24/h2-8,13H,9-12,14H2,1H3. The summed E-state index contributed by atoms with van der Waals surface area (Å²) in [6, 6.07) is 11.7. The monoisotopic (exact) mass is 406 g/mol. The Bertz CT molecular complexity index is 881. The highest BCUT2D eigenvalue weighted by Gasteiger charge is 2.32. The van der Waals surface area contributed by atoms with Crippen molar-refractivity contribution in [2.24, 2.45) is 0 Å². The Morgan fingerprint density at radius 2 is 1.79 bits per heavy atom. The molecule has 2 amide bonds. The van der Waals surface area contributed by atoms with Crippen LogP contribution in [0.25, 0.3) is 0 Å². The number of carbonyl (C=O) groups excluding carboxylic acids is 2. The van der Waals surface area contributed by atoms with Gasteiger partial charge in [-0.05, 0) is 35.9 Å². The van der Waals surface area contributed by atoms with Crippen LogP contribution < -0.4 is 4.74 Å². The normalized spacial score (nSPS) is 15.2. The van der Waals surface area contributed by atoms with E-state index in [9.17, 15) is 22.8 Å². The quantitative estimate of drug-likeness (QED) is 0.780. The van der Waals surface area contributed by atoms with Gasteiger partial charge in [-0.2, -0.15) is 13.2 Å². The van der Waals surface area contributed by atoms with Gasteiger partial charge in [-0.15, -0.1) is 0 Å². The van der Waals surface area contributed by atoms with Crippen molar-refractivity contribution in [3.05, 3.63) is 65.2 Å². The first-order chi connectivity index (χ1) is 13.8. The van der Waals surface area contributed by atoms with Crippen LogP contribution in [0.2, 0.25) is 0 Å². The van der Waals surface area contributed by atoms with Crippen LogP contribution in [0.5, 0.6) is 5.75 Å². The third-order valence-corrected chi connectivity index (χ3v) is 4.84. The van der Waals surface area contributed by atoms with Crippen LogP contribution in [0.15, 0.2) is 48.5 Å². The largest absolute Gasteiger partial charge is 0.497 e. The smallest absolute Gasteiger partial charge is 0.416 e. The fraction of sp³-hybridized carbons (Fsp3) is 0.333. The molecule has 5 nitrogen and oxygen atoms in total. The van der Waals surface area contributed by atoms with Crippen molar-refractivity contribution < 1.29 is 27.5 Å². The second kappa shape index (κ2) is 8.55. The number of amides is 2. The van der Waals surface area contributed by atoms with E-state index in [-0.39, 0.29) is 31.0 Å². The summed E-state index contributed by atoms with van der Waals surface area (Å²) >= 11 is 0. The summed E-state index contributed by atoms with van der Waals surface area (Å²) in [6.45, 7) is 1.15. The Morgan fingerprint density at radius 3 is 2.45 bits per heavy atom. The van der Waals surface area contributed by atoms with Crippen LogP contribution >= 0.6 is 0 Å². The molecule has 0 bridgehead atoms. The van der Waals surface area contributed by atoms with Crippen molar-refractivity contribution in [1.82, 2.24) is 9.80 Å². The number of halogens is 3. The average Bonchev–Trinajstić information content (AvgIpc) is 2.89. The summed E-state index contributed by atoms with van der Waals surface area (Å²) in [5.41, 5.74) is 0.0306. The number of nitrogens with zero attached hydrogens (tertiary/aromatic N) is 2. The van der Waals surface area contributed by atoms with Gasteiger partial charge >= 0.3 is 6.18 Å². The van der Waals surface area contributed by atoms with E-state index in [1.807, 2.05) is 12.1 Å². The molecule has 1 heterocycles. The highest BCUT2D eigenvalue weighted by molar-refractivity contribution is 5.95. The molecule has 8 heteroatoms. The van der Waals surface area contributed by atoms with E-state index < -0.39 is 17.6 Å². The van der Waals surface area contributed by atoms with Crippen LogP contribution in [0, 0.1) is 0 Å². The number of methoxy groups -OCH3 is 1. The molecule has 1 aliphatic rings. The lowest BCUT2D eigenvalue weighted by Crippen LogP contribution is -2.35. The first-order valence-corrected chi connectivity index (χ1v) is 9.15. The van der Waals surface area contributed by atoms with Gasteiger partial charge in [0.2, 0.25) is 5.91 Å². The van der Waals surface area contributed by atoms with Crippen LogP contribution in [-0.4, -0.2) is 48.4 Å². The Morgan fingerprint density at radius 1 is 1.07 bits per heavy atom. The minimum Gasteiger partial charge on any atom is -0.497 e. The molecule has 0 radical (unpaired) electrons. The molecule has 1 fully saturated rings. The molecular weight excluding hydrogens is 385 g/mol. The summed E-state index contributed by atoms with van der Waals surface area (Å²) < 4.78 is 43.9. The highest BCUT2D eigenvalue weighted by atomic mass is 19.4. The molecule has 0 saturated carbocycles. The summed E-state index contributed by atoms with van der Waals surface area (Å²) in [5, 5.41) is 0. The number of ether oxygens (including phenoxy) is 1. The predicted octanol–water partition coefficient (Wildman–Crippen LogP) is 3.59. The molecule has 0 aromatic heterocycles. The second-order valence-electron chi connectivity index (χ2n) is 6.78. The van der Waals surface area contributed by atoms with Crippen LogP contribution in [0.4, 0.5) is 13.2 Å². The first-order valence-electron chi connectivity index (χ1n) is 9.15. The molecule has 1 aliphatic heterocycles. The maximum Gasteiger partial charge on any atom is 0.416 e.